The molecule has 190 valence electrons. The summed E-state index contributed by atoms with van der Waals surface area (Å²) in [5.41, 5.74) is 0.363. The predicted octanol–water partition coefficient (Wildman–Crippen LogP) is 1.13. The molecule has 1 amide bonds. The largest absolute Gasteiger partial charge is 0.493 e. The van der Waals surface area contributed by atoms with Crippen molar-refractivity contribution < 1.29 is 28.5 Å². The van der Waals surface area contributed by atoms with Gasteiger partial charge in [0, 0.05) is 13.1 Å². The van der Waals surface area contributed by atoms with E-state index in [0.717, 1.165) is 16.9 Å². The Morgan fingerprint density at radius 1 is 1.14 bits per heavy atom. The molecule has 0 spiro atoms. The SMILES string of the molecule is CCOC(=O)/C=c1/s/c(=C\c2ccc(OCC)c(OC)c2)c(=O)n1CC(=O)N1C[C@H](C)O[C@@H](C)C1. The van der Waals surface area contributed by atoms with Crippen molar-refractivity contribution in [3.8, 4) is 11.5 Å². The maximum atomic E-state index is 13.3. The van der Waals surface area contributed by atoms with Gasteiger partial charge in [0.2, 0.25) is 5.91 Å². The zero-order valence-corrected chi connectivity index (χ0v) is 21.6. The fourth-order valence-corrected chi connectivity index (χ4v) is 4.93. The summed E-state index contributed by atoms with van der Waals surface area (Å²) in [6, 6.07) is 5.36. The van der Waals surface area contributed by atoms with Crippen molar-refractivity contribution >= 4 is 35.4 Å². The molecular weight excluding hydrogens is 472 g/mol. The molecule has 0 N–H and O–H groups in total. The van der Waals surface area contributed by atoms with Gasteiger partial charge in [-0.15, -0.1) is 11.3 Å². The van der Waals surface area contributed by atoms with Crippen LogP contribution in [-0.4, -0.2) is 67.0 Å². The highest BCUT2D eigenvalue weighted by molar-refractivity contribution is 7.07. The Hall–Kier alpha value is -3.11. The Morgan fingerprint density at radius 2 is 1.86 bits per heavy atom. The summed E-state index contributed by atoms with van der Waals surface area (Å²) in [4.78, 5) is 40.2. The third kappa shape index (κ3) is 6.73. The van der Waals surface area contributed by atoms with Crippen molar-refractivity contribution in [1.29, 1.82) is 0 Å². The molecule has 9 nitrogen and oxygen atoms in total. The molecule has 2 atom stereocenters. The second kappa shape index (κ2) is 12.0. The number of hydrogen-bond acceptors (Lipinski definition) is 8. The quantitative estimate of drug-likeness (QED) is 0.497. The van der Waals surface area contributed by atoms with E-state index in [-0.39, 0.29) is 36.8 Å². The normalized spacial score (nSPS) is 19.1. The number of morpholine rings is 1. The summed E-state index contributed by atoms with van der Waals surface area (Å²) in [5, 5.41) is 0. The van der Waals surface area contributed by atoms with Gasteiger partial charge in [0.05, 0.1) is 43.1 Å². The van der Waals surface area contributed by atoms with Crippen molar-refractivity contribution in [2.75, 3.05) is 33.4 Å². The van der Waals surface area contributed by atoms with Crippen LogP contribution in [0.3, 0.4) is 0 Å². The maximum absolute atomic E-state index is 13.3. The molecule has 1 aromatic carbocycles. The predicted molar refractivity (Wildman–Crippen MR) is 133 cm³/mol. The monoisotopic (exact) mass is 504 g/mol. The minimum absolute atomic E-state index is 0.0917. The van der Waals surface area contributed by atoms with Gasteiger partial charge in [0.15, 0.2) is 11.5 Å². The Kier molecular flexibility index (Phi) is 9.11. The van der Waals surface area contributed by atoms with Gasteiger partial charge in [0.1, 0.15) is 11.2 Å². The van der Waals surface area contributed by atoms with Crippen LogP contribution in [-0.2, 0) is 25.6 Å². The van der Waals surface area contributed by atoms with Gasteiger partial charge in [-0.25, -0.2) is 4.79 Å². The van der Waals surface area contributed by atoms with Crippen LogP contribution < -0.4 is 24.2 Å². The summed E-state index contributed by atoms with van der Waals surface area (Å²) in [5.74, 6) is 0.366. The lowest BCUT2D eigenvalue weighted by Crippen LogP contribution is -2.50. The van der Waals surface area contributed by atoms with E-state index in [1.807, 2.05) is 26.8 Å². The lowest BCUT2D eigenvalue weighted by atomic mass is 10.2. The molecule has 0 radical (unpaired) electrons. The summed E-state index contributed by atoms with van der Waals surface area (Å²) in [7, 11) is 1.55. The van der Waals surface area contributed by atoms with Crippen LogP contribution in [0.15, 0.2) is 23.0 Å². The van der Waals surface area contributed by atoms with Gasteiger partial charge >= 0.3 is 5.97 Å². The summed E-state index contributed by atoms with van der Waals surface area (Å²) in [6.45, 7) is 8.82. The maximum Gasteiger partial charge on any atom is 0.333 e. The number of carbonyl (C=O) groups excluding carboxylic acids is 2. The van der Waals surface area contributed by atoms with Crippen LogP contribution in [0.5, 0.6) is 11.5 Å². The zero-order chi connectivity index (χ0) is 25.5. The summed E-state index contributed by atoms with van der Waals surface area (Å²) in [6.07, 6.45) is 2.77. The smallest absolute Gasteiger partial charge is 0.333 e. The van der Waals surface area contributed by atoms with Crippen LogP contribution in [0.2, 0.25) is 0 Å². The number of thiazole rings is 1. The highest BCUT2D eigenvalue weighted by Gasteiger charge is 2.26. The molecule has 0 saturated carbocycles. The fraction of sp³-hybridized carbons (Fsp3) is 0.480. The molecule has 1 aliphatic rings. The molecular formula is C25H32N2O7S. The fourth-order valence-electron chi connectivity index (χ4n) is 3.89. The molecule has 0 unspecified atom stereocenters. The third-order valence-electron chi connectivity index (χ3n) is 5.32. The average Bonchev–Trinajstić information content (AvgIpc) is 3.08. The molecule has 1 aliphatic heterocycles. The van der Waals surface area contributed by atoms with E-state index in [0.29, 0.717) is 40.4 Å². The van der Waals surface area contributed by atoms with Crippen LogP contribution >= 0.6 is 11.3 Å². The Labute approximate surface area is 208 Å². The highest BCUT2D eigenvalue weighted by atomic mass is 32.1. The number of rotatable bonds is 8. The molecule has 0 bridgehead atoms. The number of ether oxygens (including phenoxy) is 4. The number of benzene rings is 1. The first kappa shape index (κ1) is 26.5. The lowest BCUT2D eigenvalue weighted by Gasteiger charge is -2.35. The van der Waals surface area contributed by atoms with Gasteiger partial charge < -0.3 is 23.8 Å². The van der Waals surface area contributed by atoms with E-state index in [9.17, 15) is 14.4 Å². The average molecular weight is 505 g/mol. The second-order valence-corrected chi connectivity index (χ2v) is 9.20. The third-order valence-corrected chi connectivity index (χ3v) is 6.38. The van der Waals surface area contributed by atoms with Crippen LogP contribution in [0, 0.1) is 0 Å². The number of hydrogen-bond donors (Lipinski definition) is 0. The number of esters is 1. The molecule has 35 heavy (non-hydrogen) atoms. The van der Waals surface area contributed by atoms with Crippen molar-refractivity contribution in [3.05, 3.63) is 43.3 Å². The standard InChI is InChI=1S/C25H32N2O7S/c1-6-32-19-9-8-18(10-20(19)31-5)11-21-25(30)27(23(35-21)12-24(29)33-7-2)15-22(28)26-13-16(3)34-17(4)14-26/h8-12,16-17H,6-7,13-15H2,1-5H3/b21-11-,23-12+/t16-,17-/m0/s1. The Morgan fingerprint density at radius 3 is 2.49 bits per heavy atom. The summed E-state index contributed by atoms with van der Waals surface area (Å²) < 4.78 is 23.7. The van der Waals surface area contributed by atoms with Gasteiger partial charge in [-0.05, 0) is 51.5 Å². The van der Waals surface area contributed by atoms with Crippen LogP contribution in [0.1, 0.15) is 33.3 Å². The minimum atomic E-state index is -0.571. The van der Waals surface area contributed by atoms with Crippen molar-refractivity contribution in [3.63, 3.8) is 0 Å². The molecule has 1 saturated heterocycles. The molecule has 3 rings (SSSR count). The summed E-state index contributed by atoms with van der Waals surface area (Å²) >= 11 is 1.12. The van der Waals surface area contributed by atoms with Crippen molar-refractivity contribution in [2.45, 2.75) is 46.4 Å². The molecule has 10 heteroatoms. The number of nitrogens with zero attached hydrogens (tertiary/aromatic N) is 2. The van der Waals surface area contributed by atoms with Gasteiger partial charge in [-0.1, -0.05) is 6.07 Å². The van der Waals surface area contributed by atoms with E-state index in [1.165, 1.54) is 10.6 Å². The van der Waals surface area contributed by atoms with Gasteiger partial charge in [0.25, 0.3) is 5.56 Å². The Bertz CT molecular complexity index is 1220. The molecule has 2 heterocycles. The van der Waals surface area contributed by atoms with Crippen molar-refractivity contribution in [2.24, 2.45) is 0 Å². The first-order valence-electron chi connectivity index (χ1n) is 11.6. The van der Waals surface area contributed by atoms with E-state index < -0.39 is 5.97 Å². The minimum Gasteiger partial charge on any atom is -0.493 e. The van der Waals surface area contributed by atoms with Gasteiger partial charge in [-0.3, -0.25) is 14.2 Å². The number of amides is 1. The van der Waals surface area contributed by atoms with Crippen LogP contribution in [0.25, 0.3) is 12.2 Å². The lowest BCUT2D eigenvalue weighted by molar-refractivity contribution is -0.144. The van der Waals surface area contributed by atoms with E-state index in [4.69, 9.17) is 18.9 Å². The second-order valence-electron chi connectivity index (χ2n) is 8.14. The van der Waals surface area contributed by atoms with E-state index in [1.54, 1.807) is 37.1 Å². The molecule has 2 aromatic rings. The molecule has 1 aromatic heterocycles. The Balaban J connectivity index is 2.02. The van der Waals surface area contributed by atoms with E-state index in [2.05, 4.69) is 0 Å². The van der Waals surface area contributed by atoms with Gasteiger partial charge in [-0.2, -0.15) is 0 Å². The van der Waals surface area contributed by atoms with Crippen LogP contribution in [0.4, 0.5) is 0 Å². The number of methoxy groups -OCH3 is 1. The highest BCUT2D eigenvalue weighted by Crippen LogP contribution is 2.28. The van der Waals surface area contributed by atoms with Crippen molar-refractivity contribution in [1.82, 2.24) is 9.47 Å². The van der Waals surface area contributed by atoms with E-state index >= 15 is 0 Å². The number of aromatic nitrogens is 1. The molecule has 1 fully saturated rings. The zero-order valence-electron chi connectivity index (χ0n) is 20.7. The first-order chi connectivity index (χ1) is 16.7. The first-order valence-corrected chi connectivity index (χ1v) is 12.4. The number of carbonyl (C=O) groups is 2. The molecule has 0 aliphatic carbocycles. The topological polar surface area (TPSA) is 96.3 Å².